The summed E-state index contributed by atoms with van der Waals surface area (Å²) in [5.41, 5.74) is 1.53. The summed E-state index contributed by atoms with van der Waals surface area (Å²) in [5.74, 6) is 0. The number of amides is 2. The Morgan fingerprint density at radius 1 is 0.970 bits per heavy atom. The average molecular weight is 468 g/mol. The standard InChI is InChI=1S/C19H25N3O4S.C6H4/c1-21(27(2,24)25)19(23)22(17-9-4-3-5-10-17)26-14-16-13-12-15-8-6-7-11-18(15)20-16;1-2-6-4-3-5(1)6/h6-8,11-13,17H,3-5,9-10,14H2,1-2H3;1-4H. The molecule has 33 heavy (non-hydrogen) atoms. The summed E-state index contributed by atoms with van der Waals surface area (Å²) in [6.45, 7) is 0.102. The number of hydrogen-bond acceptors (Lipinski definition) is 5. The molecule has 2 amide bonds. The first-order valence-electron chi connectivity index (χ1n) is 11.2. The predicted octanol–water partition coefficient (Wildman–Crippen LogP) is 4.60. The van der Waals surface area contributed by atoms with E-state index in [0.717, 1.165) is 53.6 Å². The third-order valence-corrected chi connectivity index (χ3v) is 7.24. The molecule has 0 radical (unpaired) electrons. The highest BCUT2D eigenvalue weighted by Gasteiger charge is 2.32. The van der Waals surface area contributed by atoms with Crippen molar-refractivity contribution in [2.24, 2.45) is 0 Å². The smallest absolute Gasteiger partial charge is 0.263 e. The van der Waals surface area contributed by atoms with Gasteiger partial charge in [0.05, 0.1) is 23.5 Å². The van der Waals surface area contributed by atoms with Gasteiger partial charge in [-0.25, -0.2) is 17.5 Å². The fraction of sp³-hybridized carbons (Fsp3) is 0.360. The van der Waals surface area contributed by atoms with Crippen LogP contribution in [0.1, 0.15) is 37.8 Å². The van der Waals surface area contributed by atoms with Crippen LogP contribution in [0.3, 0.4) is 0 Å². The molecule has 7 nitrogen and oxygen atoms in total. The fourth-order valence-corrected chi connectivity index (χ4v) is 4.26. The predicted molar refractivity (Wildman–Crippen MR) is 127 cm³/mol. The van der Waals surface area contributed by atoms with Gasteiger partial charge in [0.1, 0.15) is 6.61 Å². The van der Waals surface area contributed by atoms with Gasteiger partial charge in [-0.1, -0.05) is 67.8 Å². The Labute approximate surface area is 194 Å². The zero-order valence-electron chi connectivity index (χ0n) is 19.0. The van der Waals surface area contributed by atoms with Crippen LogP contribution in [-0.4, -0.2) is 48.1 Å². The summed E-state index contributed by atoms with van der Waals surface area (Å²) in [6.07, 6.45) is 5.72. The van der Waals surface area contributed by atoms with Crippen LogP contribution in [-0.2, 0) is 21.5 Å². The molecular weight excluding hydrogens is 438 g/mol. The van der Waals surface area contributed by atoms with Crippen molar-refractivity contribution in [2.75, 3.05) is 13.3 Å². The van der Waals surface area contributed by atoms with Crippen LogP contribution in [0.4, 0.5) is 4.79 Å². The molecule has 0 aliphatic heterocycles. The van der Waals surface area contributed by atoms with Crippen molar-refractivity contribution in [3.8, 4) is 0 Å². The van der Waals surface area contributed by atoms with Gasteiger partial charge in [0.25, 0.3) is 0 Å². The third-order valence-electron chi connectivity index (χ3n) is 6.09. The maximum Gasteiger partial charge on any atom is 0.357 e. The van der Waals surface area contributed by atoms with Crippen molar-refractivity contribution in [1.82, 2.24) is 14.4 Å². The van der Waals surface area contributed by atoms with Gasteiger partial charge in [-0.3, -0.25) is 9.82 Å². The molecule has 0 bridgehead atoms. The lowest BCUT2D eigenvalue weighted by Gasteiger charge is -2.34. The number of para-hydroxylation sites is 1. The van der Waals surface area contributed by atoms with Crippen molar-refractivity contribution in [3.05, 3.63) is 76.8 Å². The number of hydroxylamine groups is 2. The number of carbonyl (C=O) groups is 1. The van der Waals surface area contributed by atoms with Crippen molar-refractivity contribution in [1.29, 1.82) is 0 Å². The summed E-state index contributed by atoms with van der Waals surface area (Å²) in [7, 11) is -2.40. The normalized spacial score (nSPS) is 14.8. The van der Waals surface area contributed by atoms with Crippen molar-refractivity contribution < 1.29 is 18.0 Å². The Balaban J connectivity index is 0.000000367. The van der Waals surface area contributed by atoms with Gasteiger partial charge < -0.3 is 0 Å². The molecular formula is C25H29N3O4S. The first-order chi connectivity index (χ1) is 15.8. The minimum absolute atomic E-state index is 0.102. The number of fused-ring (bicyclic) bond motifs is 1. The minimum Gasteiger partial charge on any atom is -0.263 e. The number of sulfonamides is 1. The Hall–Kier alpha value is -2.97. The highest BCUT2D eigenvalue weighted by molar-refractivity contribution is 7.88. The molecule has 1 heterocycles. The lowest BCUT2D eigenvalue weighted by atomic mass is 9.95. The molecule has 5 rings (SSSR count). The van der Waals surface area contributed by atoms with E-state index in [9.17, 15) is 13.2 Å². The summed E-state index contributed by atoms with van der Waals surface area (Å²) in [5, 5.41) is 5.11. The zero-order chi connectivity index (χ0) is 23.4. The van der Waals surface area contributed by atoms with E-state index in [0.29, 0.717) is 5.69 Å². The minimum atomic E-state index is -3.65. The maximum atomic E-state index is 12.8. The molecule has 1 saturated carbocycles. The lowest BCUT2D eigenvalue weighted by Crippen LogP contribution is -2.48. The van der Waals surface area contributed by atoms with Crippen LogP contribution >= 0.6 is 0 Å². The number of pyridine rings is 1. The molecule has 3 aliphatic rings. The van der Waals surface area contributed by atoms with Crippen LogP contribution in [0.25, 0.3) is 10.9 Å². The topological polar surface area (TPSA) is 79.8 Å². The van der Waals surface area contributed by atoms with E-state index in [-0.39, 0.29) is 12.6 Å². The molecule has 1 fully saturated rings. The first-order valence-corrected chi connectivity index (χ1v) is 13.0. The van der Waals surface area contributed by atoms with E-state index in [1.807, 2.05) is 36.4 Å². The van der Waals surface area contributed by atoms with E-state index < -0.39 is 16.1 Å². The molecule has 1 aromatic carbocycles. The van der Waals surface area contributed by atoms with E-state index in [2.05, 4.69) is 29.2 Å². The van der Waals surface area contributed by atoms with E-state index in [1.54, 1.807) is 0 Å². The molecule has 8 heteroatoms. The van der Waals surface area contributed by atoms with Gasteiger partial charge >= 0.3 is 6.03 Å². The summed E-state index contributed by atoms with van der Waals surface area (Å²) in [6, 6.07) is 19.3. The van der Waals surface area contributed by atoms with Crippen LogP contribution < -0.4 is 0 Å². The lowest BCUT2D eigenvalue weighted by molar-refractivity contribution is -0.164. The second-order valence-electron chi connectivity index (χ2n) is 8.48. The first kappa shape index (κ1) is 23.2. The number of carbonyl (C=O) groups excluding carboxylic acids is 1. The molecule has 2 aromatic rings. The van der Waals surface area contributed by atoms with Crippen LogP contribution in [0, 0.1) is 10.4 Å². The van der Waals surface area contributed by atoms with Crippen LogP contribution in [0.5, 0.6) is 0 Å². The van der Waals surface area contributed by atoms with Crippen LogP contribution in [0.15, 0.2) is 60.7 Å². The summed E-state index contributed by atoms with van der Waals surface area (Å²) >= 11 is 0. The van der Waals surface area contributed by atoms with Crippen LogP contribution in [0.2, 0.25) is 0 Å². The number of nitrogens with zero attached hydrogens (tertiary/aromatic N) is 3. The number of rotatable bonds is 5. The molecule has 1 aromatic heterocycles. The van der Waals surface area contributed by atoms with Crippen molar-refractivity contribution in [2.45, 2.75) is 44.8 Å². The van der Waals surface area contributed by atoms with Gasteiger partial charge in [0.2, 0.25) is 10.0 Å². The van der Waals surface area contributed by atoms with Gasteiger partial charge in [-0.05, 0) is 35.4 Å². The third kappa shape index (κ3) is 5.51. The number of hydrogen-bond donors (Lipinski definition) is 0. The Bertz CT molecular complexity index is 1290. The fourth-order valence-electron chi connectivity index (χ4n) is 3.90. The van der Waals surface area contributed by atoms with E-state index in [4.69, 9.17) is 4.84 Å². The number of benzene rings is 2. The Kier molecular flexibility index (Phi) is 6.95. The Morgan fingerprint density at radius 2 is 1.61 bits per heavy atom. The quantitative estimate of drug-likeness (QED) is 0.401. The van der Waals surface area contributed by atoms with Gasteiger partial charge in [0, 0.05) is 12.4 Å². The number of urea groups is 1. The zero-order valence-corrected chi connectivity index (χ0v) is 19.8. The van der Waals surface area contributed by atoms with Gasteiger partial charge in [-0.2, -0.15) is 5.06 Å². The highest BCUT2D eigenvalue weighted by Crippen LogP contribution is 2.25. The molecule has 3 aliphatic carbocycles. The Morgan fingerprint density at radius 3 is 2.18 bits per heavy atom. The molecule has 0 unspecified atom stereocenters. The molecule has 0 spiro atoms. The van der Waals surface area contributed by atoms with Crippen molar-refractivity contribution >= 4 is 27.0 Å². The molecule has 0 N–H and O–H groups in total. The molecule has 0 saturated heterocycles. The maximum absolute atomic E-state index is 12.8. The highest BCUT2D eigenvalue weighted by atomic mass is 32.2. The second-order valence-corrected chi connectivity index (χ2v) is 10.5. The largest absolute Gasteiger partial charge is 0.357 e. The van der Waals surface area contributed by atoms with E-state index >= 15 is 0 Å². The molecule has 0 atom stereocenters. The van der Waals surface area contributed by atoms with E-state index in [1.165, 1.54) is 22.5 Å². The monoisotopic (exact) mass is 467 g/mol. The number of aromatic nitrogens is 1. The summed E-state index contributed by atoms with van der Waals surface area (Å²) in [4.78, 5) is 23.1. The summed E-state index contributed by atoms with van der Waals surface area (Å²) < 4.78 is 24.3. The van der Waals surface area contributed by atoms with Gasteiger partial charge in [0.15, 0.2) is 0 Å². The average Bonchev–Trinajstić information content (AvgIpc) is 2.81. The van der Waals surface area contributed by atoms with Crippen molar-refractivity contribution in [3.63, 3.8) is 0 Å². The second kappa shape index (κ2) is 9.89. The SMILES string of the molecule is CN(C(=O)N(OCc1ccc2ccccc2n1)C1CCCCC1)S(C)(=O)=O.c1cc2ccc1=2. The van der Waals surface area contributed by atoms with Gasteiger partial charge in [-0.15, -0.1) is 0 Å². The molecule has 174 valence electrons.